The second-order valence-corrected chi connectivity index (χ2v) is 4.58. The van der Waals surface area contributed by atoms with E-state index in [0.717, 1.165) is 11.8 Å². The van der Waals surface area contributed by atoms with Gasteiger partial charge >= 0.3 is 0 Å². The van der Waals surface area contributed by atoms with Gasteiger partial charge in [-0.15, -0.1) is 0 Å². The predicted molar refractivity (Wildman–Crippen MR) is 63.1 cm³/mol. The van der Waals surface area contributed by atoms with E-state index in [-0.39, 0.29) is 0 Å². The van der Waals surface area contributed by atoms with E-state index in [4.69, 9.17) is 21.1 Å². The largest absolute Gasteiger partial charge is 0.380 e. The summed E-state index contributed by atoms with van der Waals surface area (Å²) in [7, 11) is 1.61. The Kier molecular flexibility index (Phi) is 3.76. The van der Waals surface area contributed by atoms with E-state index in [0.29, 0.717) is 37.1 Å². The predicted octanol–water partition coefficient (Wildman–Crippen LogP) is 1.74. The van der Waals surface area contributed by atoms with E-state index in [1.165, 1.54) is 0 Å². The second-order valence-electron chi connectivity index (χ2n) is 4.19. The quantitative estimate of drug-likeness (QED) is 0.607. The Morgan fingerprint density at radius 2 is 2.47 bits per heavy atom. The number of methoxy groups -OCH3 is 1. The Hall–Kier alpha value is -0.970. The van der Waals surface area contributed by atoms with Crippen LogP contribution in [0.5, 0.6) is 0 Å². The van der Waals surface area contributed by atoms with Gasteiger partial charge in [-0.25, -0.2) is 4.98 Å². The average Bonchev–Trinajstić information content (AvgIpc) is 2.78. The summed E-state index contributed by atoms with van der Waals surface area (Å²) in [6.45, 7) is 1.40. The van der Waals surface area contributed by atoms with E-state index >= 15 is 0 Å². The summed E-state index contributed by atoms with van der Waals surface area (Å²) >= 11 is 5.96. The summed E-state index contributed by atoms with van der Waals surface area (Å²) in [6.07, 6.45) is 1.56. The lowest BCUT2D eigenvalue weighted by atomic mass is 9.84. The van der Waals surface area contributed by atoms with E-state index < -0.39 is 5.41 Å². The molecule has 2 rings (SSSR count). The molecule has 17 heavy (non-hydrogen) atoms. The molecule has 1 unspecified atom stereocenters. The number of rotatable bonds is 4. The lowest BCUT2D eigenvalue weighted by molar-refractivity contribution is -0.112. The molecule has 0 radical (unpaired) electrons. The Labute approximate surface area is 105 Å². The zero-order valence-electron chi connectivity index (χ0n) is 9.61. The van der Waals surface area contributed by atoms with Gasteiger partial charge < -0.3 is 14.3 Å². The fourth-order valence-corrected chi connectivity index (χ4v) is 2.22. The van der Waals surface area contributed by atoms with Crippen molar-refractivity contribution in [3.8, 4) is 0 Å². The Morgan fingerprint density at radius 3 is 3.06 bits per heavy atom. The highest BCUT2D eigenvalue weighted by Gasteiger charge is 2.38. The average molecular weight is 256 g/mol. The van der Waals surface area contributed by atoms with Crippen molar-refractivity contribution < 1.29 is 14.3 Å². The molecule has 0 saturated carbocycles. The molecule has 1 saturated heterocycles. The number of hydrogen-bond donors (Lipinski definition) is 0. The topological polar surface area (TPSA) is 48.4 Å². The maximum atomic E-state index is 11.3. The Balaban J connectivity index is 2.39. The molecule has 1 aliphatic rings. The van der Waals surface area contributed by atoms with Gasteiger partial charge in [0.25, 0.3) is 0 Å². The van der Waals surface area contributed by atoms with Crippen LogP contribution >= 0.6 is 11.6 Å². The van der Waals surface area contributed by atoms with Gasteiger partial charge in [-0.1, -0.05) is 11.6 Å². The summed E-state index contributed by atoms with van der Waals surface area (Å²) in [5.74, 6) is 0. The number of carbonyl (C=O) groups excluding carboxylic acids is 1. The van der Waals surface area contributed by atoms with Crippen LogP contribution in [0.25, 0.3) is 0 Å². The number of aldehydes is 1. The first-order valence-corrected chi connectivity index (χ1v) is 5.78. The van der Waals surface area contributed by atoms with Crippen LogP contribution in [0.3, 0.4) is 0 Å². The molecule has 1 aliphatic heterocycles. The van der Waals surface area contributed by atoms with Crippen molar-refractivity contribution in [2.75, 3.05) is 20.3 Å². The molecule has 4 nitrogen and oxygen atoms in total. The fourth-order valence-electron chi connectivity index (χ4n) is 1.99. The third-order valence-corrected chi connectivity index (χ3v) is 3.15. The Morgan fingerprint density at radius 1 is 1.65 bits per heavy atom. The minimum Gasteiger partial charge on any atom is -0.380 e. The van der Waals surface area contributed by atoms with Gasteiger partial charge in [0.05, 0.1) is 24.3 Å². The first-order valence-electron chi connectivity index (χ1n) is 5.40. The van der Waals surface area contributed by atoms with Crippen molar-refractivity contribution in [1.82, 2.24) is 4.98 Å². The zero-order valence-corrected chi connectivity index (χ0v) is 10.4. The smallest absolute Gasteiger partial charge is 0.134 e. The highest BCUT2D eigenvalue weighted by molar-refractivity contribution is 6.29. The zero-order chi connectivity index (χ0) is 12.3. The number of halogens is 1. The summed E-state index contributed by atoms with van der Waals surface area (Å²) in [5.41, 5.74) is 0.938. The van der Waals surface area contributed by atoms with Gasteiger partial charge in [-0.2, -0.15) is 0 Å². The molecule has 1 atom stereocenters. The van der Waals surface area contributed by atoms with Crippen LogP contribution in [0, 0.1) is 0 Å². The molecule has 1 aromatic heterocycles. The molecule has 2 heterocycles. The standard InChI is InChI=1S/C12H14ClNO3/c1-16-6-9-4-10(14-11(13)5-9)12(7-15)2-3-17-8-12/h4-5,7H,2-3,6,8H2,1H3. The molecule has 0 aliphatic carbocycles. The summed E-state index contributed by atoms with van der Waals surface area (Å²) in [4.78, 5) is 15.6. The van der Waals surface area contributed by atoms with Gasteiger partial charge in [0.1, 0.15) is 11.4 Å². The molecule has 0 amide bonds. The van der Waals surface area contributed by atoms with Crippen molar-refractivity contribution in [1.29, 1.82) is 0 Å². The van der Waals surface area contributed by atoms with Crippen molar-refractivity contribution >= 4 is 17.9 Å². The maximum absolute atomic E-state index is 11.3. The molecular weight excluding hydrogens is 242 g/mol. The molecule has 92 valence electrons. The number of pyridine rings is 1. The molecule has 0 aromatic carbocycles. The van der Waals surface area contributed by atoms with Crippen LogP contribution in [0.4, 0.5) is 0 Å². The minimum atomic E-state index is -0.645. The monoisotopic (exact) mass is 255 g/mol. The van der Waals surface area contributed by atoms with E-state index in [1.807, 2.05) is 6.07 Å². The SMILES string of the molecule is COCc1cc(Cl)nc(C2(C=O)CCOC2)c1. The molecule has 5 heteroatoms. The lowest BCUT2D eigenvalue weighted by Crippen LogP contribution is -2.29. The molecule has 0 spiro atoms. The van der Waals surface area contributed by atoms with Crippen LogP contribution < -0.4 is 0 Å². The van der Waals surface area contributed by atoms with Crippen LogP contribution in [0.1, 0.15) is 17.7 Å². The first-order chi connectivity index (χ1) is 8.20. The van der Waals surface area contributed by atoms with Crippen molar-refractivity contribution in [2.45, 2.75) is 18.4 Å². The van der Waals surface area contributed by atoms with Gasteiger partial charge in [0.15, 0.2) is 0 Å². The van der Waals surface area contributed by atoms with Gasteiger partial charge in [0, 0.05) is 13.7 Å². The molecule has 0 N–H and O–H groups in total. The van der Waals surface area contributed by atoms with Gasteiger partial charge in [-0.3, -0.25) is 0 Å². The van der Waals surface area contributed by atoms with E-state index in [1.54, 1.807) is 13.2 Å². The lowest BCUT2D eigenvalue weighted by Gasteiger charge is -2.20. The number of nitrogens with zero attached hydrogens (tertiary/aromatic N) is 1. The normalized spacial score (nSPS) is 23.9. The Bertz CT molecular complexity index is 416. The molecular formula is C12H14ClNO3. The highest BCUT2D eigenvalue weighted by Crippen LogP contribution is 2.31. The third-order valence-electron chi connectivity index (χ3n) is 2.95. The number of carbonyl (C=O) groups is 1. The first kappa shape index (κ1) is 12.5. The van der Waals surface area contributed by atoms with E-state index in [9.17, 15) is 4.79 Å². The highest BCUT2D eigenvalue weighted by atomic mass is 35.5. The van der Waals surface area contributed by atoms with Crippen molar-refractivity contribution in [3.63, 3.8) is 0 Å². The summed E-state index contributed by atoms with van der Waals surface area (Å²) < 4.78 is 10.4. The van der Waals surface area contributed by atoms with Crippen molar-refractivity contribution in [2.24, 2.45) is 0 Å². The molecule has 1 fully saturated rings. The van der Waals surface area contributed by atoms with E-state index in [2.05, 4.69) is 4.98 Å². The van der Waals surface area contributed by atoms with Gasteiger partial charge in [0.2, 0.25) is 0 Å². The summed E-state index contributed by atoms with van der Waals surface area (Å²) in [6, 6.07) is 3.60. The third kappa shape index (κ3) is 2.49. The van der Waals surface area contributed by atoms with Crippen LogP contribution in [0.15, 0.2) is 12.1 Å². The maximum Gasteiger partial charge on any atom is 0.134 e. The molecule has 0 bridgehead atoms. The van der Waals surface area contributed by atoms with Crippen LogP contribution in [-0.2, 0) is 26.3 Å². The number of hydrogen-bond acceptors (Lipinski definition) is 4. The van der Waals surface area contributed by atoms with Crippen LogP contribution in [-0.4, -0.2) is 31.6 Å². The number of aromatic nitrogens is 1. The summed E-state index contributed by atoms with van der Waals surface area (Å²) in [5, 5.41) is 0.377. The minimum absolute atomic E-state index is 0.371. The number of ether oxygens (including phenoxy) is 2. The van der Waals surface area contributed by atoms with Crippen molar-refractivity contribution in [3.05, 3.63) is 28.5 Å². The molecule has 1 aromatic rings. The fraction of sp³-hybridized carbons (Fsp3) is 0.500. The van der Waals surface area contributed by atoms with Gasteiger partial charge in [-0.05, 0) is 24.1 Å². The second kappa shape index (κ2) is 5.12. The van der Waals surface area contributed by atoms with Crippen LogP contribution in [0.2, 0.25) is 5.15 Å².